The van der Waals surface area contributed by atoms with Crippen LogP contribution in [0.5, 0.6) is 5.75 Å². The minimum Gasteiger partial charge on any atom is -0.497 e. The molecule has 24 heavy (non-hydrogen) atoms. The van der Waals surface area contributed by atoms with Crippen LogP contribution in [0.25, 0.3) is 16.7 Å². The van der Waals surface area contributed by atoms with E-state index < -0.39 is 0 Å². The van der Waals surface area contributed by atoms with Crippen molar-refractivity contribution >= 4 is 34.4 Å². The highest BCUT2D eigenvalue weighted by Crippen LogP contribution is 2.24. The fraction of sp³-hybridized carbons (Fsp3) is 0.176. The predicted octanol–water partition coefficient (Wildman–Crippen LogP) is 3.50. The average Bonchev–Trinajstić information content (AvgIpc) is 3.11. The molecular weight excluding hydrogens is 328 g/mol. The minimum atomic E-state index is 0.180. The molecule has 4 rings (SSSR count). The average molecular weight is 343 g/mol. The summed E-state index contributed by atoms with van der Waals surface area (Å²) in [5.41, 5.74) is 9.76. The number of nitrogens with two attached hydrogens (primary N) is 1. The van der Waals surface area contributed by atoms with Crippen LogP contribution in [0.15, 0.2) is 40.9 Å². The van der Waals surface area contributed by atoms with E-state index in [1.165, 1.54) is 0 Å². The van der Waals surface area contributed by atoms with E-state index in [-0.39, 0.29) is 6.01 Å². The third kappa shape index (κ3) is 2.55. The molecule has 0 aliphatic carbocycles. The molecule has 0 aliphatic rings. The summed E-state index contributed by atoms with van der Waals surface area (Å²) in [7, 11) is 1.63. The van der Waals surface area contributed by atoms with E-state index in [9.17, 15) is 0 Å². The number of methoxy groups -OCH3 is 1. The first-order valence-electron chi connectivity index (χ1n) is 7.49. The van der Waals surface area contributed by atoms with Crippen molar-refractivity contribution in [1.82, 2.24) is 14.4 Å². The summed E-state index contributed by atoms with van der Waals surface area (Å²) < 4.78 is 12.4. The molecule has 0 aliphatic heterocycles. The molecule has 122 valence electrons. The maximum atomic E-state index is 6.43. The molecule has 0 saturated heterocycles. The van der Waals surface area contributed by atoms with Gasteiger partial charge >= 0.3 is 0 Å². The quantitative estimate of drug-likeness (QED) is 0.614. The second-order valence-corrected chi connectivity index (χ2v) is 5.86. The maximum Gasteiger partial charge on any atom is 0.292 e. The summed E-state index contributed by atoms with van der Waals surface area (Å²) in [6.45, 7) is 0. The Bertz CT molecular complexity index is 1040. The normalized spacial score (nSPS) is 11.4. The van der Waals surface area contributed by atoms with Gasteiger partial charge in [-0.05, 0) is 36.6 Å². The fourth-order valence-corrected chi connectivity index (χ4v) is 3.02. The van der Waals surface area contributed by atoms with Crippen LogP contribution in [0.1, 0.15) is 11.3 Å². The lowest BCUT2D eigenvalue weighted by molar-refractivity contribution is 0.414. The number of oxazole rings is 1. The summed E-state index contributed by atoms with van der Waals surface area (Å²) in [5.74, 6) is 0.754. The SMILES string of the molecule is COc1ccn2c(Cl)c(CCc3ccc4nc(N)oc4c3)nc2c1. The zero-order valence-corrected chi connectivity index (χ0v) is 13.7. The molecule has 6 nitrogen and oxygen atoms in total. The number of aryl methyl sites for hydroxylation is 2. The van der Waals surface area contributed by atoms with Crippen LogP contribution in [0.3, 0.4) is 0 Å². The molecule has 4 aromatic rings. The Labute approximate surface area is 142 Å². The molecule has 0 radical (unpaired) electrons. The summed E-state index contributed by atoms with van der Waals surface area (Å²) in [6.07, 6.45) is 3.37. The third-order valence-electron chi connectivity index (χ3n) is 3.96. The van der Waals surface area contributed by atoms with Crippen LogP contribution in [0, 0.1) is 0 Å². The van der Waals surface area contributed by atoms with Crippen molar-refractivity contribution in [3.8, 4) is 5.75 Å². The van der Waals surface area contributed by atoms with E-state index in [1.54, 1.807) is 7.11 Å². The number of imidazole rings is 1. The van der Waals surface area contributed by atoms with E-state index in [1.807, 2.05) is 40.9 Å². The highest BCUT2D eigenvalue weighted by atomic mass is 35.5. The Morgan fingerprint density at radius 3 is 2.92 bits per heavy atom. The number of ether oxygens (including phenoxy) is 1. The molecule has 7 heteroatoms. The Morgan fingerprint density at radius 1 is 1.21 bits per heavy atom. The van der Waals surface area contributed by atoms with Gasteiger partial charge in [0, 0.05) is 12.3 Å². The van der Waals surface area contributed by atoms with E-state index >= 15 is 0 Å². The Balaban J connectivity index is 1.60. The molecule has 0 saturated carbocycles. The van der Waals surface area contributed by atoms with Crippen molar-refractivity contribution in [2.45, 2.75) is 12.8 Å². The molecule has 3 aromatic heterocycles. The van der Waals surface area contributed by atoms with Gasteiger partial charge in [0.15, 0.2) is 5.58 Å². The molecular formula is C17H15ClN4O2. The third-order valence-corrected chi connectivity index (χ3v) is 4.36. The van der Waals surface area contributed by atoms with Crippen molar-refractivity contribution in [3.05, 3.63) is 52.9 Å². The number of hydrogen-bond acceptors (Lipinski definition) is 5. The molecule has 0 amide bonds. The summed E-state index contributed by atoms with van der Waals surface area (Å²) >= 11 is 6.43. The first kappa shape index (κ1) is 14.8. The molecule has 0 spiro atoms. The number of rotatable bonds is 4. The number of fused-ring (bicyclic) bond motifs is 2. The van der Waals surface area contributed by atoms with E-state index in [0.717, 1.165) is 41.0 Å². The highest BCUT2D eigenvalue weighted by Gasteiger charge is 2.11. The lowest BCUT2D eigenvalue weighted by Gasteiger charge is -2.00. The zero-order valence-electron chi connectivity index (χ0n) is 13.0. The summed E-state index contributed by atoms with van der Waals surface area (Å²) in [5, 5.41) is 0.623. The number of benzene rings is 1. The fourth-order valence-electron chi connectivity index (χ4n) is 2.74. The van der Waals surface area contributed by atoms with Gasteiger partial charge in [0.05, 0.1) is 12.8 Å². The molecule has 3 heterocycles. The molecule has 0 fully saturated rings. The van der Waals surface area contributed by atoms with Crippen molar-refractivity contribution in [3.63, 3.8) is 0 Å². The van der Waals surface area contributed by atoms with Crippen LogP contribution < -0.4 is 10.5 Å². The highest BCUT2D eigenvalue weighted by molar-refractivity contribution is 6.30. The van der Waals surface area contributed by atoms with E-state index in [2.05, 4.69) is 9.97 Å². The monoisotopic (exact) mass is 342 g/mol. The van der Waals surface area contributed by atoms with Gasteiger partial charge in [0.2, 0.25) is 0 Å². The Morgan fingerprint density at radius 2 is 2.08 bits per heavy atom. The van der Waals surface area contributed by atoms with Gasteiger partial charge in [-0.1, -0.05) is 17.7 Å². The van der Waals surface area contributed by atoms with Crippen LogP contribution >= 0.6 is 11.6 Å². The molecule has 0 unspecified atom stereocenters. The second-order valence-electron chi connectivity index (χ2n) is 5.50. The Kier molecular flexibility index (Phi) is 3.54. The van der Waals surface area contributed by atoms with Crippen LogP contribution in [0.4, 0.5) is 6.01 Å². The van der Waals surface area contributed by atoms with Gasteiger partial charge in [0.25, 0.3) is 6.01 Å². The van der Waals surface area contributed by atoms with Crippen molar-refractivity contribution in [2.24, 2.45) is 0 Å². The van der Waals surface area contributed by atoms with Gasteiger partial charge < -0.3 is 14.9 Å². The first-order chi connectivity index (χ1) is 11.6. The van der Waals surface area contributed by atoms with Gasteiger partial charge in [0.1, 0.15) is 22.1 Å². The summed E-state index contributed by atoms with van der Waals surface area (Å²) in [6, 6.07) is 9.76. The number of pyridine rings is 1. The molecule has 2 N–H and O–H groups in total. The number of aromatic nitrogens is 3. The van der Waals surface area contributed by atoms with Crippen LogP contribution in [-0.2, 0) is 12.8 Å². The summed E-state index contributed by atoms with van der Waals surface area (Å²) in [4.78, 5) is 8.69. The Hall–Kier alpha value is -2.73. The zero-order chi connectivity index (χ0) is 16.7. The van der Waals surface area contributed by atoms with Gasteiger partial charge in [-0.3, -0.25) is 4.40 Å². The van der Waals surface area contributed by atoms with E-state index in [4.69, 9.17) is 26.5 Å². The van der Waals surface area contributed by atoms with Gasteiger partial charge in [-0.25, -0.2) is 4.98 Å². The first-order valence-corrected chi connectivity index (χ1v) is 7.87. The maximum absolute atomic E-state index is 6.43. The van der Waals surface area contributed by atoms with Crippen molar-refractivity contribution in [2.75, 3.05) is 12.8 Å². The van der Waals surface area contributed by atoms with Gasteiger partial charge in [-0.2, -0.15) is 4.98 Å². The van der Waals surface area contributed by atoms with Crippen molar-refractivity contribution in [1.29, 1.82) is 0 Å². The molecule has 1 aromatic carbocycles. The largest absolute Gasteiger partial charge is 0.497 e. The van der Waals surface area contributed by atoms with E-state index in [0.29, 0.717) is 10.7 Å². The lowest BCUT2D eigenvalue weighted by atomic mass is 10.1. The topological polar surface area (TPSA) is 78.6 Å². The molecule has 0 bridgehead atoms. The number of nitrogens with zero attached hydrogens (tertiary/aromatic N) is 3. The molecule has 0 atom stereocenters. The van der Waals surface area contributed by atoms with Gasteiger partial charge in [-0.15, -0.1) is 0 Å². The number of nitrogen functional groups attached to an aromatic ring is 1. The standard InChI is InChI=1S/C17H15ClN4O2/c1-23-11-6-7-22-15(9-11)20-13(16(22)18)5-3-10-2-4-12-14(8-10)24-17(19)21-12/h2,4,6-9H,3,5H2,1H3,(H2,19,21). The second kappa shape index (κ2) is 5.72. The number of anilines is 1. The number of halogens is 1. The smallest absolute Gasteiger partial charge is 0.292 e. The number of hydrogen-bond donors (Lipinski definition) is 1. The lowest BCUT2D eigenvalue weighted by Crippen LogP contribution is -1.92. The minimum absolute atomic E-state index is 0.180. The van der Waals surface area contributed by atoms with Crippen LogP contribution in [0.2, 0.25) is 5.15 Å². The predicted molar refractivity (Wildman–Crippen MR) is 92.6 cm³/mol. The van der Waals surface area contributed by atoms with Crippen molar-refractivity contribution < 1.29 is 9.15 Å². The van der Waals surface area contributed by atoms with Crippen LogP contribution in [-0.4, -0.2) is 21.5 Å².